The van der Waals surface area contributed by atoms with Crippen LogP contribution in [0.5, 0.6) is 5.75 Å². The fraction of sp³-hybridized carbons (Fsp3) is 0.538. The number of ether oxygens (including phenoxy) is 2. The molecule has 1 rings (SSSR count). The summed E-state index contributed by atoms with van der Waals surface area (Å²) in [5.74, 6) is 1.75. The number of aryl methyl sites for hydroxylation is 2. The molecule has 0 atom stereocenters. The van der Waals surface area contributed by atoms with Crippen molar-refractivity contribution in [3.05, 3.63) is 28.8 Å². The molecule has 16 heavy (non-hydrogen) atoms. The Labute approximate surface area is 103 Å². The molecule has 0 bridgehead atoms. The highest BCUT2D eigenvalue weighted by molar-refractivity contribution is 7.80. The van der Waals surface area contributed by atoms with Crippen molar-refractivity contribution in [1.29, 1.82) is 0 Å². The standard InChI is InChI=1S/C13H20O2S/c1-10-4-5-11(2)13(12(10)3)15-7-6-14-8-9-16/h4-5,16H,6-9H2,1-3H3. The summed E-state index contributed by atoms with van der Waals surface area (Å²) in [5.41, 5.74) is 3.66. The lowest BCUT2D eigenvalue weighted by Gasteiger charge is -2.13. The van der Waals surface area contributed by atoms with Gasteiger partial charge in [-0.25, -0.2) is 0 Å². The van der Waals surface area contributed by atoms with E-state index >= 15 is 0 Å². The molecule has 0 saturated heterocycles. The van der Waals surface area contributed by atoms with E-state index in [0.717, 1.165) is 11.5 Å². The fourth-order valence-corrected chi connectivity index (χ4v) is 1.65. The van der Waals surface area contributed by atoms with Crippen LogP contribution in [0.15, 0.2) is 12.1 Å². The van der Waals surface area contributed by atoms with Gasteiger partial charge in [-0.2, -0.15) is 12.6 Å². The number of benzene rings is 1. The third-order valence-corrected chi connectivity index (χ3v) is 2.77. The van der Waals surface area contributed by atoms with Gasteiger partial charge in [0.1, 0.15) is 12.4 Å². The van der Waals surface area contributed by atoms with Gasteiger partial charge in [-0.15, -0.1) is 0 Å². The van der Waals surface area contributed by atoms with Crippen LogP contribution in [0.4, 0.5) is 0 Å². The van der Waals surface area contributed by atoms with Crippen LogP contribution in [-0.2, 0) is 4.74 Å². The summed E-state index contributed by atoms with van der Waals surface area (Å²) >= 11 is 4.07. The molecule has 0 aliphatic heterocycles. The molecule has 0 fully saturated rings. The van der Waals surface area contributed by atoms with Crippen LogP contribution in [0.3, 0.4) is 0 Å². The van der Waals surface area contributed by atoms with Crippen molar-refractivity contribution < 1.29 is 9.47 Å². The smallest absolute Gasteiger partial charge is 0.125 e. The van der Waals surface area contributed by atoms with Crippen LogP contribution in [0, 0.1) is 20.8 Å². The molecule has 0 unspecified atom stereocenters. The Morgan fingerprint density at radius 1 is 1.00 bits per heavy atom. The zero-order chi connectivity index (χ0) is 12.0. The van der Waals surface area contributed by atoms with Crippen LogP contribution >= 0.6 is 12.6 Å². The first-order valence-corrected chi connectivity index (χ1v) is 6.18. The van der Waals surface area contributed by atoms with E-state index in [1.165, 1.54) is 16.7 Å². The van der Waals surface area contributed by atoms with Gasteiger partial charge in [0.15, 0.2) is 0 Å². The van der Waals surface area contributed by atoms with E-state index in [0.29, 0.717) is 19.8 Å². The molecule has 0 heterocycles. The third-order valence-electron chi connectivity index (χ3n) is 2.58. The van der Waals surface area contributed by atoms with Gasteiger partial charge in [0.2, 0.25) is 0 Å². The van der Waals surface area contributed by atoms with Crippen molar-refractivity contribution in [1.82, 2.24) is 0 Å². The molecule has 0 aliphatic rings. The maximum Gasteiger partial charge on any atom is 0.125 e. The Hall–Kier alpha value is -0.670. The van der Waals surface area contributed by atoms with Crippen molar-refractivity contribution in [2.45, 2.75) is 20.8 Å². The van der Waals surface area contributed by atoms with Crippen molar-refractivity contribution >= 4 is 12.6 Å². The summed E-state index contributed by atoms with van der Waals surface area (Å²) in [5, 5.41) is 0. The normalized spacial score (nSPS) is 10.5. The molecule has 0 amide bonds. The Morgan fingerprint density at radius 3 is 2.38 bits per heavy atom. The molecular weight excluding hydrogens is 220 g/mol. The van der Waals surface area contributed by atoms with Gasteiger partial charge in [0.25, 0.3) is 0 Å². The SMILES string of the molecule is Cc1ccc(C)c(OCCOCCS)c1C. The van der Waals surface area contributed by atoms with E-state index in [4.69, 9.17) is 9.47 Å². The molecule has 1 aromatic carbocycles. The zero-order valence-electron chi connectivity index (χ0n) is 10.2. The molecule has 1 aromatic rings. The Kier molecular flexibility index (Phi) is 5.71. The van der Waals surface area contributed by atoms with Crippen LogP contribution in [0.1, 0.15) is 16.7 Å². The minimum absolute atomic E-state index is 0.596. The minimum atomic E-state index is 0.596. The lowest BCUT2D eigenvalue weighted by Crippen LogP contribution is -2.09. The molecule has 0 aromatic heterocycles. The summed E-state index contributed by atoms with van der Waals surface area (Å²) < 4.78 is 11.1. The first-order chi connectivity index (χ1) is 7.66. The Bertz CT molecular complexity index is 337. The first kappa shape index (κ1) is 13.4. The topological polar surface area (TPSA) is 18.5 Å². The van der Waals surface area contributed by atoms with E-state index in [1.807, 2.05) is 0 Å². The van der Waals surface area contributed by atoms with Gasteiger partial charge in [-0.3, -0.25) is 0 Å². The summed E-state index contributed by atoms with van der Waals surface area (Å²) in [6.07, 6.45) is 0. The van der Waals surface area contributed by atoms with Crippen molar-refractivity contribution in [3.8, 4) is 5.75 Å². The minimum Gasteiger partial charge on any atom is -0.491 e. The van der Waals surface area contributed by atoms with Crippen LogP contribution in [0.25, 0.3) is 0 Å². The average Bonchev–Trinajstić information content (AvgIpc) is 2.28. The summed E-state index contributed by atoms with van der Waals surface area (Å²) in [6.45, 7) is 8.15. The Balaban J connectivity index is 2.50. The van der Waals surface area contributed by atoms with E-state index in [9.17, 15) is 0 Å². The van der Waals surface area contributed by atoms with Crippen LogP contribution in [-0.4, -0.2) is 25.6 Å². The predicted molar refractivity (Wildman–Crippen MR) is 70.8 cm³/mol. The van der Waals surface area contributed by atoms with E-state index in [-0.39, 0.29) is 0 Å². The molecule has 90 valence electrons. The predicted octanol–water partition coefficient (Wildman–Crippen LogP) is 2.94. The highest BCUT2D eigenvalue weighted by Crippen LogP contribution is 2.25. The number of hydrogen-bond donors (Lipinski definition) is 1. The van der Waals surface area contributed by atoms with E-state index in [2.05, 4.69) is 45.5 Å². The summed E-state index contributed by atoms with van der Waals surface area (Å²) in [4.78, 5) is 0. The second kappa shape index (κ2) is 6.81. The maximum atomic E-state index is 5.75. The van der Waals surface area contributed by atoms with Crippen LogP contribution in [0.2, 0.25) is 0 Å². The summed E-state index contributed by atoms with van der Waals surface area (Å²) in [6, 6.07) is 4.21. The number of hydrogen-bond acceptors (Lipinski definition) is 3. The molecule has 0 saturated carbocycles. The molecular formula is C13H20O2S. The molecule has 0 aliphatic carbocycles. The van der Waals surface area contributed by atoms with Gasteiger partial charge in [-0.1, -0.05) is 12.1 Å². The van der Waals surface area contributed by atoms with Gasteiger partial charge < -0.3 is 9.47 Å². The molecule has 0 N–H and O–H groups in total. The Morgan fingerprint density at radius 2 is 1.69 bits per heavy atom. The third kappa shape index (κ3) is 3.72. The monoisotopic (exact) mass is 240 g/mol. The van der Waals surface area contributed by atoms with Gasteiger partial charge in [0, 0.05) is 5.75 Å². The molecule has 2 nitrogen and oxygen atoms in total. The first-order valence-electron chi connectivity index (χ1n) is 5.55. The highest BCUT2D eigenvalue weighted by Gasteiger charge is 2.05. The van der Waals surface area contributed by atoms with Crippen molar-refractivity contribution in [2.24, 2.45) is 0 Å². The van der Waals surface area contributed by atoms with Gasteiger partial charge in [-0.05, 0) is 37.5 Å². The molecule has 3 heteroatoms. The summed E-state index contributed by atoms with van der Waals surface area (Å²) in [7, 11) is 0. The second-order valence-electron chi connectivity index (χ2n) is 3.84. The maximum absolute atomic E-state index is 5.75. The van der Waals surface area contributed by atoms with Crippen molar-refractivity contribution in [3.63, 3.8) is 0 Å². The quantitative estimate of drug-likeness (QED) is 0.609. The van der Waals surface area contributed by atoms with E-state index < -0.39 is 0 Å². The van der Waals surface area contributed by atoms with Crippen LogP contribution < -0.4 is 4.74 Å². The fourth-order valence-electron chi connectivity index (χ4n) is 1.52. The molecule has 0 spiro atoms. The zero-order valence-corrected chi connectivity index (χ0v) is 11.1. The van der Waals surface area contributed by atoms with Gasteiger partial charge >= 0.3 is 0 Å². The lowest BCUT2D eigenvalue weighted by atomic mass is 10.1. The van der Waals surface area contributed by atoms with E-state index in [1.54, 1.807) is 0 Å². The average molecular weight is 240 g/mol. The second-order valence-corrected chi connectivity index (χ2v) is 4.29. The van der Waals surface area contributed by atoms with Gasteiger partial charge in [0.05, 0.1) is 13.2 Å². The highest BCUT2D eigenvalue weighted by atomic mass is 32.1. The van der Waals surface area contributed by atoms with Crippen molar-refractivity contribution in [2.75, 3.05) is 25.6 Å². The number of thiol groups is 1. The largest absolute Gasteiger partial charge is 0.491 e. The number of rotatable bonds is 6. The molecule has 0 radical (unpaired) electrons. The lowest BCUT2D eigenvalue weighted by molar-refractivity contribution is 0.111.